The van der Waals surface area contributed by atoms with Crippen LogP contribution < -0.4 is 4.90 Å². The predicted octanol–water partition coefficient (Wildman–Crippen LogP) is 5.37. The second-order valence-corrected chi connectivity index (χ2v) is 9.30. The minimum atomic E-state index is -0.116. The summed E-state index contributed by atoms with van der Waals surface area (Å²) in [6.07, 6.45) is 5.72. The average molecular weight is 352 g/mol. The van der Waals surface area contributed by atoms with Gasteiger partial charge in [-0.2, -0.15) is 0 Å². The van der Waals surface area contributed by atoms with E-state index in [9.17, 15) is 4.79 Å². The molecule has 3 aliphatic heterocycles. The number of thioether (sulfide) groups is 1. The summed E-state index contributed by atoms with van der Waals surface area (Å²) in [7, 11) is 0. The Morgan fingerprint density at radius 3 is 2.68 bits per heavy atom. The largest absolute Gasteiger partial charge is 0.337 e. The molecule has 0 N–H and O–H groups in total. The Morgan fingerprint density at radius 1 is 1.24 bits per heavy atom. The fourth-order valence-electron chi connectivity index (χ4n) is 4.65. The topological polar surface area (TPSA) is 20.3 Å². The predicted molar refractivity (Wildman–Crippen MR) is 107 cm³/mol. The number of carbonyl (C=O) groups excluding carboxylic acids is 1. The molecule has 0 saturated carbocycles. The summed E-state index contributed by atoms with van der Waals surface area (Å²) >= 11 is 1.51. The van der Waals surface area contributed by atoms with Gasteiger partial charge >= 0.3 is 0 Å². The molecule has 0 aromatic heterocycles. The fraction of sp³-hybridized carbons (Fsp3) is 0.409. The third-order valence-corrected chi connectivity index (χ3v) is 7.39. The van der Waals surface area contributed by atoms with Gasteiger partial charge in [0.1, 0.15) is 0 Å². The lowest BCUT2D eigenvalue weighted by molar-refractivity contribution is -0.108. The molecule has 0 aliphatic carbocycles. The minimum Gasteiger partial charge on any atom is -0.337 e. The zero-order chi connectivity index (χ0) is 18.0. The van der Waals surface area contributed by atoms with Crippen LogP contribution in [0.1, 0.15) is 46.1 Å². The van der Waals surface area contributed by atoms with Gasteiger partial charge in [-0.05, 0) is 50.0 Å². The lowest BCUT2D eigenvalue weighted by Gasteiger charge is -2.38. The number of anilines is 1. The van der Waals surface area contributed by atoms with Gasteiger partial charge in [0, 0.05) is 22.4 Å². The highest BCUT2D eigenvalue weighted by molar-refractivity contribution is 8.15. The van der Waals surface area contributed by atoms with Crippen molar-refractivity contribution < 1.29 is 4.79 Å². The highest BCUT2D eigenvalue weighted by Gasteiger charge is 2.57. The van der Waals surface area contributed by atoms with Crippen molar-refractivity contribution in [3.05, 3.63) is 65.4 Å². The molecule has 130 valence electrons. The molecule has 4 rings (SSSR count). The third-order valence-electron chi connectivity index (χ3n) is 5.84. The van der Waals surface area contributed by atoms with Crippen LogP contribution in [0, 0.1) is 0 Å². The first-order valence-corrected chi connectivity index (χ1v) is 9.85. The Morgan fingerprint density at radius 2 is 1.96 bits per heavy atom. The maximum Gasteiger partial charge on any atom is 0.216 e. The molecule has 0 radical (unpaired) electrons. The van der Waals surface area contributed by atoms with Gasteiger partial charge in [0.25, 0.3) is 0 Å². The summed E-state index contributed by atoms with van der Waals surface area (Å²) in [5.74, 6) is 0. The van der Waals surface area contributed by atoms with Crippen LogP contribution in [0.25, 0.3) is 0 Å². The molecule has 3 heterocycles. The molecule has 1 unspecified atom stereocenters. The Bertz CT molecular complexity index is 843. The summed E-state index contributed by atoms with van der Waals surface area (Å²) in [4.78, 5) is 15.2. The number of hydrogen-bond acceptors (Lipinski definition) is 3. The minimum absolute atomic E-state index is 0.0427. The lowest BCUT2D eigenvalue weighted by Crippen LogP contribution is -2.46. The SMILES string of the molecule is C=CCCC1=CC2=C3N(c4ccccc4C3(C)C)C(C)(C)C2SC1=O. The van der Waals surface area contributed by atoms with Gasteiger partial charge in [-0.25, -0.2) is 0 Å². The van der Waals surface area contributed by atoms with Gasteiger partial charge in [-0.1, -0.05) is 49.9 Å². The Balaban J connectivity index is 1.93. The molecule has 0 spiro atoms. The number of carbonyl (C=O) groups is 1. The zero-order valence-corrected chi connectivity index (χ0v) is 16.2. The van der Waals surface area contributed by atoms with Gasteiger partial charge < -0.3 is 4.90 Å². The monoisotopic (exact) mass is 351 g/mol. The van der Waals surface area contributed by atoms with Gasteiger partial charge in [-0.3, -0.25) is 4.79 Å². The fourth-order valence-corrected chi connectivity index (χ4v) is 5.87. The summed E-state index contributed by atoms with van der Waals surface area (Å²) in [5.41, 5.74) is 6.17. The number of fused-ring (bicyclic) bond motifs is 4. The molecule has 25 heavy (non-hydrogen) atoms. The second-order valence-electron chi connectivity index (χ2n) is 8.22. The van der Waals surface area contributed by atoms with Gasteiger partial charge in [0.05, 0.1) is 10.8 Å². The van der Waals surface area contributed by atoms with Crippen molar-refractivity contribution >= 4 is 22.6 Å². The number of para-hydroxylation sites is 1. The third kappa shape index (κ3) is 2.15. The standard InChI is InChI=1S/C22H25NOS/c1-6-7-10-14-13-15-18-21(2,3)16-11-8-9-12-17(16)23(18)22(4,5)19(15)25-20(14)24/h6,8-9,11-13,19H,1,7,10H2,2-5H3. The molecule has 1 atom stereocenters. The molecular weight excluding hydrogens is 326 g/mol. The van der Waals surface area contributed by atoms with Gasteiger partial charge in [0.2, 0.25) is 5.12 Å². The number of allylic oxidation sites excluding steroid dienone is 3. The van der Waals surface area contributed by atoms with Crippen molar-refractivity contribution in [2.75, 3.05) is 4.90 Å². The average Bonchev–Trinajstić information content (AvgIpc) is 2.95. The van der Waals surface area contributed by atoms with Crippen LogP contribution in [-0.2, 0) is 10.2 Å². The quantitative estimate of drug-likeness (QED) is 0.683. The van der Waals surface area contributed by atoms with E-state index in [2.05, 4.69) is 69.5 Å². The van der Waals surface area contributed by atoms with E-state index in [1.54, 1.807) is 0 Å². The van der Waals surface area contributed by atoms with E-state index >= 15 is 0 Å². The van der Waals surface area contributed by atoms with Crippen LogP contribution in [0.3, 0.4) is 0 Å². The molecule has 0 amide bonds. The Hall–Kier alpha value is -1.74. The van der Waals surface area contributed by atoms with Crippen molar-refractivity contribution in [3.63, 3.8) is 0 Å². The summed E-state index contributed by atoms with van der Waals surface area (Å²) < 4.78 is 0. The molecule has 1 aromatic carbocycles. The van der Waals surface area contributed by atoms with Crippen molar-refractivity contribution in [2.45, 2.75) is 56.7 Å². The molecular formula is C22H25NOS. The van der Waals surface area contributed by atoms with Crippen molar-refractivity contribution in [3.8, 4) is 0 Å². The summed E-state index contributed by atoms with van der Waals surface area (Å²) in [6, 6.07) is 8.71. The van der Waals surface area contributed by atoms with Crippen LogP contribution in [0.2, 0.25) is 0 Å². The van der Waals surface area contributed by atoms with Crippen LogP contribution >= 0.6 is 11.8 Å². The maximum absolute atomic E-state index is 12.7. The first-order chi connectivity index (χ1) is 11.8. The van der Waals surface area contributed by atoms with Crippen molar-refractivity contribution in [1.29, 1.82) is 0 Å². The number of hydrogen-bond donors (Lipinski definition) is 0. The molecule has 2 nitrogen and oxygen atoms in total. The number of rotatable bonds is 3. The zero-order valence-electron chi connectivity index (χ0n) is 15.4. The van der Waals surface area contributed by atoms with E-state index in [1.807, 2.05) is 6.08 Å². The van der Waals surface area contributed by atoms with Crippen LogP contribution in [0.5, 0.6) is 0 Å². The highest BCUT2D eigenvalue weighted by Crippen LogP contribution is 2.60. The van der Waals surface area contributed by atoms with Crippen LogP contribution in [0.4, 0.5) is 5.69 Å². The van der Waals surface area contributed by atoms with E-state index in [-0.39, 0.29) is 21.3 Å². The maximum atomic E-state index is 12.7. The highest BCUT2D eigenvalue weighted by atomic mass is 32.2. The van der Waals surface area contributed by atoms with E-state index in [0.29, 0.717) is 0 Å². The summed E-state index contributed by atoms with van der Waals surface area (Å²) in [6.45, 7) is 13.0. The van der Waals surface area contributed by atoms with Gasteiger partial charge in [-0.15, -0.1) is 6.58 Å². The first kappa shape index (κ1) is 16.7. The molecule has 0 fully saturated rings. The molecule has 3 heteroatoms. The van der Waals surface area contributed by atoms with Crippen LogP contribution in [0.15, 0.2) is 59.8 Å². The molecule has 0 bridgehead atoms. The second kappa shape index (κ2) is 5.38. The smallest absolute Gasteiger partial charge is 0.216 e. The molecule has 1 aromatic rings. The van der Waals surface area contributed by atoms with Crippen molar-refractivity contribution in [2.24, 2.45) is 0 Å². The number of nitrogens with zero attached hydrogens (tertiary/aromatic N) is 1. The Labute approximate surface area is 154 Å². The van der Waals surface area contributed by atoms with E-state index in [0.717, 1.165) is 18.4 Å². The lowest BCUT2D eigenvalue weighted by atomic mass is 9.81. The normalized spacial score (nSPS) is 25.4. The molecule has 3 aliphatic rings. The van der Waals surface area contributed by atoms with Crippen LogP contribution in [-0.4, -0.2) is 15.9 Å². The number of benzene rings is 1. The van der Waals surface area contributed by atoms with E-state index in [4.69, 9.17) is 0 Å². The first-order valence-electron chi connectivity index (χ1n) is 8.97. The van der Waals surface area contributed by atoms with E-state index in [1.165, 1.54) is 34.3 Å². The summed E-state index contributed by atoms with van der Waals surface area (Å²) in [5, 5.41) is 0.423. The Kier molecular flexibility index (Phi) is 3.59. The molecule has 0 saturated heterocycles. The van der Waals surface area contributed by atoms with Crippen molar-refractivity contribution in [1.82, 2.24) is 0 Å². The van der Waals surface area contributed by atoms with Gasteiger partial charge in [0.15, 0.2) is 0 Å². The van der Waals surface area contributed by atoms with E-state index < -0.39 is 0 Å².